The summed E-state index contributed by atoms with van der Waals surface area (Å²) in [5, 5.41) is 56.9. The summed E-state index contributed by atoms with van der Waals surface area (Å²) in [6.07, 6.45) is 63.4. The molecule has 1 aliphatic rings. The number of rotatable bonds is 48. The molecule has 0 saturated carbocycles. The number of carbonyl (C=O) groups is 2. The van der Waals surface area contributed by atoms with Crippen molar-refractivity contribution in [2.24, 2.45) is 0 Å². The highest BCUT2D eigenvalue weighted by atomic mass is 16.7. The SMILES string of the molecule is CC/C=C\C/C=C\C/C=C\C/C=C\C/C=C\C/C=C\CCCC(O)C(=O)NC(COC1OC(CO)C(O)C(O)C1OC(=O)CCCCCCC\C=C/C=C/C=C/C=C/CC)C(O)/C=C/CCCCCCCCCCCCC. The Morgan fingerprint density at radius 1 is 0.532 bits per heavy atom. The molecule has 436 valence electrons. The van der Waals surface area contributed by atoms with E-state index in [0.29, 0.717) is 19.3 Å². The fraction of sp³-hybridized carbons (Fsp3) is 0.636. The van der Waals surface area contributed by atoms with Gasteiger partial charge in [-0.2, -0.15) is 0 Å². The molecular weight excluding hydrogens is 967 g/mol. The lowest BCUT2D eigenvalue weighted by Crippen LogP contribution is -2.61. The third kappa shape index (κ3) is 40.6. The summed E-state index contributed by atoms with van der Waals surface area (Å²) in [6.45, 7) is 5.47. The van der Waals surface area contributed by atoms with Crippen LogP contribution in [0, 0.1) is 0 Å². The highest BCUT2D eigenvalue weighted by molar-refractivity contribution is 5.80. The number of esters is 1. The van der Waals surface area contributed by atoms with E-state index in [9.17, 15) is 35.1 Å². The molecule has 1 aliphatic heterocycles. The van der Waals surface area contributed by atoms with Gasteiger partial charge in [-0.3, -0.25) is 9.59 Å². The van der Waals surface area contributed by atoms with Crippen molar-refractivity contribution < 1.29 is 49.3 Å². The molecule has 6 N–H and O–H groups in total. The van der Waals surface area contributed by atoms with Gasteiger partial charge >= 0.3 is 5.97 Å². The maximum atomic E-state index is 13.4. The number of hydrogen-bond donors (Lipinski definition) is 6. The summed E-state index contributed by atoms with van der Waals surface area (Å²) in [5.74, 6) is -1.28. The van der Waals surface area contributed by atoms with E-state index in [1.807, 2.05) is 48.6 Å². The van der Waals surface area contributed by atoms with Gasteiger partial charge < -0.3 is 45.1 Å². The van der Waals surface area contributed by atoms with Gasteiger partial charge in [-0.05, 0) is 96.3 Å². The van der Waals surface area contributed by atoms with Crippen LogP contribution in [0.2, 0.25) is 0 Å². The maximum absolute atomic E-state index is 13.4. The second kappa shape index (κ2) is 52.5. The van der Waals surface area contributed by atoms with Crippen molar-refractivity contribution in [2.75, 3.05) is 13.2 Å². The Morgan fingerprint density at radius 3 is 1.55 bits per heavy atom. The van der Waals surface area contributed by atoms with Crippen LogP contribution in [0.25, 0.3) is 0 Å². The van der Waals surface area contributed by atoms with Gasteiger partial charge in [0.25, 0.3) is 0 Å². The number of aliphatic hydroxyl groups excluding tert-OH is 5. The average Bonchev–Trinajstić information content (AvgIpc) is 3.43. The molecule has 77 heavy (non-hydrogen) atoms. The van der Waals surface area contributed by atoms with Crippen LogP contribution < -0.4 is 5.32 Å². The van der Waals surface area contributed by atoms with Crippen LogP contribution in [0.15, 0.2) is 134 Å². The molecule has 1 heterocycles. The highest BCUT2D eigenvalue weighted by Crippen LogP contribution is 2.26. The molecule has 0 aromatic heterocycles. The molecule has 1 rings (SSSR count). The van der Waals surface area contributed by atoms with E-state index < -0.39 is 67.4 Å². The Bertz CT molecular complexity index is 1760. The van der Waals surface area contributed by atoms with E-state index in [0.717, 1.165) is 103 Å². The molecule has 0 aromatic rings. The zero-order valence-corrected chi connectivity index (χ0v) is 48.0. The number of ether oxygens (including phenoxy) is 3. The Balaban J connectivity index is 2.78. The van der Waals surface area contributed by atoms with Gasteiger partial charge in [0.2, 0.25) is 5.91 Å². The molecular formula is C66H107NO10. The second-order valence-corrected chi connectivity index (χ2v) is 20.1. The Labute approximate surface area is 467 Å². The van der Waals surface area contributed by atoms with E-state index in [4.69, 9.17) is 14.2 Å². The molecule has 1 saturated heterocycles. The fourth-order valence-electron chi connectivity index (χ4n) is 8.43. The van der Waals surface area contributed by atoms with E-state index in [-0.39, 0.29) is 19.4 Å². The number of aliphatic hydroxyl groups is 5. The number of amides is 1. The van der Waals surface area contributed by atoms with Crippen LogP contribution in [0.5, 0.6) is 0 Å². The lowest BCUT2D eigenvalue weighted by Gasteiger charge is -2.41. The van der Waals surface area contributed by atoms with Crippen molar-refractivity contribution in [3.8, 4) is 0 Å². The normalized spacial score (nSPS) is 20.0. The second-order valence-electron chi connectivity index (χ2n) is 20.1. The summed E-state index contributed by atoms with van der Waals surface area (Å²) in [6, 6.07) is -1.06. The molecule has 8 unspecified atom stereocenters. The van der Waals surface area contributed by atoms with Crippen molar-refractivity contribution in [1.82, 2.24) is 5.32 Å². The Morgan fingerprint density at radius 2 is 1.00 bits per heavy atom. The molecule has 0 radical (unpaired) electrons. The maximum Gasteiger partial charge on any atom is 0.306 e. The van der Waals surface area contributed by atoms with Crippen molar-refractivity contribution in [3.63, 3.8) is 0 Å². The first kappa shape index (κ1) is 70.8. The molecule has 0 aromatic carbocycles. The van der Waals surface area contributed by atoms with Crippen LogP contribution >= 0.6 is 0 Å². The number of hydrogen-bond acceptors (Lipinski definition) is 10. The molecule has 11 heteroatoms. The van der Waals surface area contributed by atoms with Gasteiger partial charge in [-0.1, -0.05) is 238 Å². The number of allylic oxidation sites excluding steroid dienone is 21. The predicted molar refractivity (Wildman–Crippen MR) is 319 cm³/mol. The van der Waals surface area contributed by atoms with Gasteiger partial charge in [0.05, 0.1) is 25.4 Å². The van der Waals surface area contributed by atoms with Gasteiger partial charge in [0, 0.05) is 6.42 Å². The fourth-order valence-corrected chi connectivity index (χ4v) is 8.43. The van der Waals surface area contributed by atoms with E-state index in [1.54, 1.807) is 6.08 Å². The van der Waals surface area contributed by atoms with Gasteiger partial charge in [0.15, 0.2) is 12.4 Å². The Kier molecular flexibility index (Phi) is 48.3. The molecule has 1 fully saturated rings. The third-order valence-electron chi connectivity index (χ3n) is 13.1. The monoisotopic (exact) mass is 1070 g/mol. The number of unbranched alkanes of at least 4 members (excludes halogenated alkanes) is 17. The van der Waals surface area contributed by atoms with Crippen molar-refractivity contribution in [2.45, 2.75) is 256 Å². The zero-order chi connectivity index (χ0) is 56.1. The largest absolute Gasteiger partial charge is 0.454 e. The van der Waals surface area contributed by atoms with Gasteiger partial charge in [0.1, 0.15) is 24.4 Å². The first-order valence-electron chi connectivity index (χ1n) is 30.0. The highest BCUT2D eigenvalue weighted by Gasteiger charge is 2.47. The average molecular weight is 1070 g/mol. The summed E-state index contributed by atoms with van der Waals surface area (Å²) < 4.78 is 17.5. The van der Waals surface area contributed by atoms with Crippen molar-refractivity contribution in [1.29, 1.82) is 0 Å². The van der Waals surface area contributed by atoms with Gasteiger partial charge in [-0.15, -0.1) is 0 Å². The van der Waals surface area contributed by atoms with Crippen molar-refractivity contribution >= 4 is 11.9 Å². The van der Waals surface area contributed by atoms with Crippen LogP contribution in [0.3, 0.4) is 0 Å². The Hall–Kier alpha value is -4.20. The summed E-state index contributed by atoms with van der Waals surface area (Å²) in [5.41, 5.74) is 0. The third-order valence-corrected chi connectivity index (χ3v) is 13.1. The quantitative estimate of drug-likeness (QED) is 0.0149. The van der Waals surface area contributed by atoms with Crippen molar-refractivity contribution in [3.05, 3.63) is 134 Å². The lowest BCUT2D eigenvalue weighted by molar-refractivity contribution is -0.305. The molecule has 0 aliphatic carbocycles. The number of nitrogens with one attached hydrogen (secondary N) is 1. The summed E-state index contributed by atoms with van der Waals surface area (Å²) >= 11 is 0. The molecule has 8 atom stereocenters. The smallest absolute Gasteiger partial charge is 0.306 e. The number of carbonyl (C=O) groups excluding carboxylic acids is 2. The minimum Gasteiger partial charge on any atom is -0.454 e. The molecule has 0 bridgehead atoms. The van der Waals surface area contributed by atoms with Gasteiger partial charge in [-0.25, -0.2) is 0 Å². The lowest BCUT2D eigenvalue weighted by atomic mass is 9.99. The minimum absolute atomic E-state index is 0.0838. The van der Waals surface area contributed by atoms with Crippen LogP contribution in [0.1, 0.15) is 207 Å². The van der Waals surface area contributed by atoms with Crippen LogP contribution in [-0.4, -0.2) is 99.6 Å². The first-order valence-corrected chi connectivity index (χ1v) is 30.0. The minimum atomic E-state index is -1.64. The van der Waals surface area contributed by atoms with E-state index >= 15 is 0 Å². The topological polar surface area (TPSA) is 175 Å². The van der Waals surface area contributed by atoms with E-state index in [1.165, 1.54) is 51.4 Å². The van der Waals surface area contributed by atoms with E-state index in [2.05, 4.69) is 105 Å². The molecule has 0 spiro atoms. The first-order chi connectivity index (χ1) is 37.7. The zero-order valence-electron chi connectivity index (χ0n) is 48.0. The standard InChI is InChI=1S/C66H107NO10/c1-4-7-10-13-16-19-22-25-27-28-29-30-31-33-35-38-41-44-47-50-53-59(70)65(74)67-57(58(69)52-49-46-43-40-37-34-24-21-18-15-12-9-6-3)56-75-66-64(63(73)62(72)60(55-68)76-66)77-61(71)54-51-48-45-42-39-36-32-26-23-20-17-14-11-8-5-2/h7-8,10-11,14,16-17,19-20,23,25-27,29-30,32-33,35,41,44,49,52,57-60,62-64,66,68-70,72-73H,4-6,9,12-13,15,18,21-22,24,28,31,34,36-40,42-43,45-48,50-51,53-56H2,1-3H3,(H,67,74)/b10-7-,11-8+,17-14+,19-16-,23-20+,27-25-,30-29-,32-26-,35-33-,44-41-,52-49+. The molecule has 11 nitrogen and oxygen atoms in total. The van der Waals surface area contributed by atoms with Crippen LogP contribution in [0.4, 0.5) is 0 Å². The summed E-state index contributed by atoms with van der Waals surface area (Å²) in [4.78, 5) is 26.5. The molecule has 1 amide bonds. The van der Waals surface area contributed by atoms with Crippen LogP contribution in [-0.2, 0) is 23.8 Å². The summed E-state index contributed by atoms with van der Waals surface area (Å²) in [7, 11) is 0. The predicted octanol–water partition coefficient (Wildman–Crippen LogP) is 14.1.